The van der Waals surface area contributed by atoms with E-state index in [1.54, 1.807) is 11.6 Å². The van der Waals surface area contributed by atoms with E-state index in [0.29, 0.717) is 16.4 Å². The summed E-state index contributed by atoms with van der Waals surface area (Å²) in [5.74, 6) is -0.234. The number of benzene rings is 2. The average Bonchev–Trinajstić information content (AvgIpc) is 3.19. The van der Waals surface area contributed by atoms with Gasteiger partial charge < -0.3 is 5.32 Å². The Hall–Kier alpha value is -2.59. The molecule has 0 atom stereocenters. The Morgan fingerprint density at radius 2 is 1.88 bits per heavy atom. The highest BCUT2D eigenvalue weighted by molar-refractivity contribution is 6.34. The van der Waals surface area contributed by atoms with E-state index in [1.807, 2.05) is 36.4 Å². The quantitative estimate of drug-likeness (QED) is 0.751. The highest BCUT2D eigenvalue weighted by atomic mass is 35.5. The molecule has 0 aliphatic heterocycles. The molecule has 1 heterocycles. The van der Waals surface area contributed by atoms with Gasteiger partial charge in [-0.2, -0.15) is 5.10 Å². The van der Waals surface area contributed by atoms with Crippen LogP contribution in [-0.2, 0) is 12.8 Å². The number of aryl methyl sites for hydroxylation is 3. The number of halogens is 1. The zero-order valence-electron chi connectivity index (χ0n) is 13.9. The molecule has 1 aliphatic rings. The van der Waals surface area contributed by atoms with Crippen molar-refractivity contribution in [2.45, 2.75) is 26.2 Å². The van der Waals surface area contributed by atoms with Gasteiger partial charge in [-0.05, 0) is 61.6 Å². The number of rotatable bonds is 3. The molecule has 0 spiro atoms. The van der Waals surface area contributed by atoms with Crippen molar-refractivity contribution in [1.82, 2.24) is 9.78 Å². The summed E-state index contributed by atoms with van der Waals surface area (Å²) < 4.78 is 1.59. The maximum absolute atomic E-state index is 12.8. The van der Waals surface area contributed by atoms with Crippen LogP contribution in [0.3, 0.4) is 0 Å². The molecular weight excluding hydrogens is 334 g/mol. The first-order valence-electron chi connectivity index (χ1n) is 8.37. The second kappa shape index (κ2) is 6.37. The molecule has 1 amide bonds. The third-order valence-electron chi connectivity index (χ3n) is 4.59. The Morgan fingerprint density at radius 1 is 1.12 bits per heavy atom. The van der Waals surface area contributed by atoms with Crippen molar-refractivity contribution < 1.29 is 4.79 Å². The van der Waals surface area contributed by atoms with E-state index in [0.717, 1.165) is 24.2 Å². The van der Waals surface area contributed by atoms with Crippen LogP contribution in [0, 0.1) is 6.92 Å². The van der Waals surface area contributed by atoms with Crippen molar-refractivity contribution in [3.63, 3.8) is 0 Å². The predicted molar refractivity (Wildman–Crippen MR) is 99.7 cm³/mol. The molecule has 5 heteroatoms. The van der Waals surface area contributed by atoms with Crippen molar-refractivity contribution >= 4 is 23.2 Å². The molecule has 1 aromatic heterocycles. The zero-order chi connectivity index (χ0) is 17.4. The molecule has 0 saturated carbocycles. The average molecular weight is 352 g/mol. The Kier molecular flexibility index (Phi) is 4.06. The summed E-state index contributed by atoms with van der Waals surface area (Å²) in [5, 5.41) is 7.70. The highest BCUT2D eigenvalue weighted by Gasteiger charge is 2.21. The van der Waals surface area contributed by atoms with Crippen LogP contribution >= 0.6 is 11.6 Å². The molecule has 4 rings (SSSR count). The summed E-state index contributed by atoms with van der Waals surface area (Å²) >= 11 is 6.46. The summed E-state index contributed by atoms with van der Waals surface area (Å²) in [7, 11) is 0. The standard InChI is InChI=1S/C20H18ClN3O/c1-13-18(19(21)24(23-13)17-8-3-2-4-9-17)20(25)22-16-11-10-14-6-5-7-15(14)12-16/h2-4,8-12H,5-7H2,1H3,(H,22,25). The fourth-order valence-corrected chi connectivity index (χ4v) is 3.70. The molecule has 2 aromatic carbocycles. The van der Waals surface area contributed by atoms with Gasteiger partial charge in [0, 0.05) is 5.69 Å². The van der Waals surface area contributed by atoms with Crippen LogP contribution in [-0.4, -0.2) is 15.7 Å². The summed E-state index contributed by atoms with van der Waals surface area (Å²) in [4.78, 5) is 12.8. The topological polar surface area (TPSA) is 46.9 Å². The minimum atomic E-state index is -0.234. The van der Waals surface area contributed by atoms with E-state index in [9.17, 15) is 4.79 Å². The van der Waals surface area contributed by atoms with E-state index >= 15 is 0 Å². The maximum Gasteiger partial charge on any atom is 0.260 e. The first-order valence-corrected chi connectivity index (χ1v) is 8.75. The molecule has 4 nitrogen and oxygen atoms in total. The number of carbonyl (C=O) groups is 1. The SMILES string of the molecule is Cc1nn(-c2ccccc2)c(Cl)c1C(=O)Nc1ccc2c(c1)CCC2. The lowest BCUT2D eigenvalue weighted by molar-refractivity contribution is 0.102. The molecule has 3 aromatic rings. The molecule has 1 N–H and O–H groups in total. The normalized spacial score (nSPS) is 12.9. The van der Waals surface area contributed by atoms with E-state index in [2.05, 4.69) is 22.5 Å². The van der Waals surface area contributed by atoms with Gasteiger partial charge in [0.05, 0.1) is 11.4 Å². The molecule has 126 valence electrons. The van der Waals surface area contributed by atoms with Crippen LogP contribution in [0.1, 0.15) is 33.6 Å². The molecule has 0 unspecified atom stereocenters. The summed E-state index contributed by atoms with van der Waals surface area (Å²) in [6, 6.07) is 15.7. The van der Waals surface area contributed by atoms with Crippen LogP contribution in [0.4, 0.5) is 5.69 Å². The lowest BCUT2D eigenvalue weighted by atomic mass is 10.1. The monoisotopic (exact) mass is 351 g/mol. The number of carbonyl (C=O) groups excluding carboxylic acids is 1. The largest absolute Gasteiger partial charge is 0.322 e. The van der Waals surface area contributed by atoms with Crippen molar-refractivity contribution in [2.24, 2.45) is 0 Å². The van der Waals surface area contributed by atoms with Gasteiger partial charge in [-0.1, -0.05) is 35.9 Å². The minimum absolute atomic E-state index is 0.234. The number of hydrogen-bond donors (Lipinski definition) is 1. The Morgan fingerprint density at radius 3 is 2.68 bits per heavy atom. The van der Waals surface area contributed by atoms with Gasteiger partial charge in [0.25, 0.3) is 5.91 Å². The Balaban J connectivity index is 1.63. The first kappa shape index (κ1) is 15.9. The fraction of sp³-hybridized carbons (Fsp3) is 0.200. The van der Waals surface area contributed by atoms with Gasteiger partial charge >= 0.3 is 0 Å². The van der Waals surface area contributed by atoms with Crippen molar-refractivity contribution in [1.29, 1.82) is 0 Å². The van der Waals surface area contributed by atoms with Gasteiger partial charge in [0.2, 0.25) is 0 Å². The third kappa shape index (κ3) is 2.94. The van der Waals surface area contributed by atoms with Crippen LogP contribution in [0.2, 0.25) is 5.15 Å². The fourth-order valence-electron chi connectivity index (χ4n) is 3.34. The molecule has 0 radical (unpaired) electrons. The summed E-state index contributed by atoms with van der Waals surface area (Å²) in [5.41, 5.74) is 5.34. The number of nitrogens with one attached hydrogen (secondary N) is 1. The second-order valence-corrected chi connectivity index (χ2v) is 6.65. The van der Waals surface area contributed by atoms with Crippen LogP contribution in [0.5, 0.6) is 0 Å². The molecule has 1 aliphatic carbocycles. The predicted octanol–water partition coefficient (Wildman–Crippen LogP) is 4.58. The molecular formula is C20H18ClN3O. The first-order chi connectivity index (χ1) is 12.1. The number of hydrogen-bond acceptors (Lipinski definition) is 2. The Bertz CT molecular complexity index is 947. The van der Waals surface area contributed by atoms with Crippen molar-refractivity contribution in [3.05, 3.63) is 76.1 Å². The minimum Gasteiger partial charge on any atom is -0.322 e. The van der Waals surface area contributed by atoms with Gasteiger partial charge in [-0.25, -0.2) is 4.68 Å². The van der Waals surface area contributed by atoms with Crippen LogP contribution < -0.4 is 5.32 Å². The highest BCUT2D eigenvalue weighted by Crippen LogP contribution is 2.27. The lowest BCUT2D eigenvalue weighted by Gasteiger charge is -2.08. The molecule has 0 saturated heterocycles. The maximum atomic E-state index is 12.8. The van der Waals surface area contributed by atoms with Crippen LogP contribution in [0.25, 0.3) is 5.69 Å². The van der Waals surface area contributed by atoms with Crippen LogP contribution in [0.15, 0.2) is 48.5 Å². The number of amides is 1. The number of para-hydroxylation sites is 1. The van der Waals surface area contributed by atoms with Crippen molar-refractivity contribution in [2.75, 3.05) is 5.32 Å². The summed E-state index contributed by atoms with van der Waals surface area (Å²) in [6.45, 7) is 1.79. The second-order valence-electron chi connectivity index (χ2n) is 6.29. The van der Waals surface area contributed by atoms with E-state index < -0.39 is 0 Å². The number of fused-ring (bicyclic) bond motifs is 1. The smallest absolute Gasteiger partial charge is 0.260 e. The lowest BCUT2D eigenvalue weighted by Crippen LogP contribution is -2.13. The van der Waals surface area contributed by atoms with E-state index in [-0.39, 0.29) is 5.91 Å². The van der Waals surface area contributed by atoms with Gasteiger partial charge in [0.15, 0.2) is 0 Å². The molecule has 25 heavy (non-hydrogen) atoms. The number of anilines is 1. The van der Waals surface area contributed by atoms with Crippen molar-refractivity contribution in [3.8, 4) is 5.69 Å². The third-order valence-corrected chi connectivity index (χ3v) is 4.94. The number of aromatic nitrogens is 2. The molecule has 0 fully saturated rings. The molecule has 0 bridgehead atoms. The summed E-state index contributed by atoms with van der Waals surface area (Å²) in [6.07, 6.45) is 3.38. The van der Waals surface area contributed by atoms with Gasteiger partial charge in [0.1, 0.15) is 10.7 Å². The van der Waals surface area contributed by atoms with E-state index in [4.69, 9.17) is 11.6 Å². The Labute approximate surface area is 151 Å². The van der Waals surface area contributed by atoms with E-state index in [1.165, 1.54) is 17.5 Å². The van der Waals surface area contributed by atoms with Gasteiger partial charge in [-0.15, -0.1) is 0 Å². The number of nitrogens with zero attached hydrogens (tertiary/aromatic N) is 2. The zero-order valence-corrected chi connectivity index (χ0v) is 14.7. The van der Waals surface area contributed by atoms with Gasteiger partial charge in [-0.3, -0.25) is 4.79 Å².